The molecule has 2 aromatic rings. The first-order valence-electron chi connectivity index (χ1n) is 4.88. The van der Waals surface area contributed by atoms with E-state index < -0.39 is 5.97 Å². The molecule has 0 fully saturated rings. The number of carbonyl (C=O) groups is 1. The van der Waals surface area contributed by atoms with Crippen molar-refractivity contribution in [3.8, 4) is 5.75 Å². The summed E-state index contributed by atoms with van der Waals surface area (Å²) in [4.78, 5) is 18.6. The van der Waals surface area contributed by atoms with Gasteiger partial charge in [0.1, 0.15) is 18.1 Å². The number of carboxylic acid groups (broad SMARTS) is 1. The van der Waals surface area contributed by atoms with E-state index in [4.69, 9.17) is 14.3 Å². The highest BCUT2D eigenvalue weighted by Gasteiger charge is 2.13. The lowest BCUT2D eigenvalue weighted by molar-refractivity contribution is 0.0684. The first kappa shape index (κ1) is 11.1. The van der Waals surface area contributed by atoms with Crippen molar-refractivity contribution < 1.29 is 19.1 Å². The van der Waals surface area contributed by atoms with Gasteiger partial charge in [-0.2, -0.15) is 0 Å². The Morgan fingerprint density at radius 2 is 2.35 bits per heavy atom. The summed E-state index contributed by atoms with van der Waals surface area (Å²) in [5, 5.41) is 8.90. The molecule has 0 aromatic carbocycles. The van der Waals surface area contributed by atoms with Crippen molar-refractivity contribution in [2.75, 3.05) is 0 Å². The zero-order valence-electron chi connectivity index (χ0n) is 9.08. The summed E-state index contributed by atoms with van der Waals surface area (Å²) in [6, 6.07) is 3.16. The Balaban J connectivity index is 2.14. The fourth-order valence-corrected chi connectivity index (χ4v) is 1.28. The molecule has 0 atom stereocenters. The maximum atomic E-state index is 10.9. The highest BCUT2D eigenvalue weighted by Crippen LogP contribution is 2.17. The minimum absolute atomic E-state index is 0.117. The van der Waals surface area contributed by atoms with Crippen molar-refractivity contribution in [2.24, 2.45) is 0 Å². The molecule has 17 heavy (non-hydrogen) atoms. The minimum Gasteiger partial charge on any atom is -0.485 e. The zero-order chi connectivity index (χ0) is 12.3. The summed E-state index contributed by atoms with van der Waals surface area (Å²) in [6.45, 7) is 1.90. The molecule has 0 unspecified atom stereocenters. The SMILES string of the molecule is Cc1ocnc1COc1cccnc1C(=O)O. The van der Waals surface area contributed by atoms with Gasteiger partial charge in [-0.1, -0.05) is 0 Å². The summed E-state index contributed by atoms with van der Waals surface area (Å²) in [5.74, 6) is -0.273. The van der Waals surface area contributed by atoms with Crippen LogP contribution in [0.15, 0.2) is 29.1 Å². The largest absolute Gasteiger partial charge is 0.485 e. The van der Waals surface area contributed by atoms with Crippen LogP contribution in [0.25, 0.3) is 0 Å². The number of hydrogen-bond donors (Lipinski definition) is 1. The van der Waals surface area contributed by atoms with Crippen LogP contribution in [-0.4, -0.2) is 21.0 Å². The summed E-state index contributed by atoms with van der Waals surface area (Å²) in [6.07, 6.45) is 2.72. The third-order valence-electron chi connectivity index (χ3n) is 2.18. The number of oxazole rings is 1. The van der Waals surface area contributed by atoms with Crippen LogP contribution >= 0.6 is 0 Å². The highest BCUT2D eigenvalue weighted by atomic mass is 16.5. The summed E-state index contributed by atoms with van der Waals surface area (Å²) in [5.41, 5.74) is 0.513. The van der Waals surface area contributed by atoms with E-state index in [1.807, 2.05) is 0 Å². The van der Waals surface area contributed by atoms with Crippen LogP contribution in [0.3, 0.4) is 0 Å². The number of pyridine rings is 1. The van der Waals surface area contributed by atoms with E-state index in [0.717, 1.165) is 0 Å². The Kier molecular flexibility index (Phi) is 3.04. The molecule has 0 saturated carbocycles. The van der Waals surface area contributed by atoms with Gasteiger partial charge in [0.15, 0.2) is 17.8 Å². The Morgan fingerprint density at radius 1 is 1.53 bits per heavy atom. The number of carboxylic acids is 1. The molecule has 0 aliphatic carbocycles. The van der Waals surface area contributed by atoms with Crippen LogP contribution in [0.2, 0.25) is 0 Å². The van der Waals surface area contributed by atoms with Crippen LogP contribution in [-0.2, 0) is 6.61 Å². The van der Waals surface area contributed by atoms with E-state index in [-0.39, 0.29) is 18.1 Å². The molecule has 2 heterocycles. The Hall–Kier alpha value is -2.37. The lowest BCUT2D eigenvalue weighted by atomic mass is 10.3. The molecular formula is C11H10N2O4. The predicted molar refractivity (Wildman–Crippen MR) is 56.8 cm³/mol. The third-order valence-corrected chi connectivity index (χ3v) is 2.18. The van der Waals surface area contributed by atoms with E-state index >= 15 is 0 Å². The van der Waals surface area contributed by atoms with E-state index in [9.17, 15) is 4.79 Å². The number of aromatic carboxylic acids is 1. The average molecular weight is 234 g/mol. The molecule has 0 bridgehead atoms. The smallest absolute Gasteiger partial charge is 0.358 e. The Morgan fingerprint density at radius 3 is 3.00 bits per heavy atom. The van der Waals surface area contributed by atoms with Gasteiger partial charge in [-0.15, -0.1) is 0 Å². The summed E-state index contributed by atoms with van der Waals surface area (Å²) >= 11 is 0. The molecule has 6 heteroatoms. The van der Waals surface area contributed by atoms with Gasteiger partial charge in [0, 0.05) is 6.20 Å². The molecule has 2 rings (SSSR count). The summed E-state index contributed by atoms with van der Waals surface area (Å²) < 4.78 is 10.4. The molecule has 0 spiro atoms. The Labute approximate surface area is 96.9 Å². The van der Waals surface area contributed by atoms with Gasteiger partial charge >= 0.3 is 5.97 Å². The number of hydrogen-bond acceptors (Lipinski definition) is 5. The first-order chi connectivity index (χ1) is 8.18. The molecule has 6 nitrogen and oxygen atoms in total. The maximum Gasteiger partial charge on any atom is 0.358 e. The van der Waals surface area contributed by atoms with Crippen molar-refractivity contribution in [1.29, 1.82) is 0 Å². The van der Waals surface area contributed by atoms with Crippen LogP contribution < -0.4 is 4.74 Å². The number of rotatable bonds is 4. The standard InChI is InChI=1S/C11H10N2O4/c1-7-8(13-6-17-7)5-16-9-3-2-4-12-10(9)11(14)15/h2-4,6H,5H2,1H3,(H,14,15). The van der Waals surface area contributed by atoms with Crippen LogP contribution in [0.1, 0.15) is 21.9 Å². The first-order valence-corrected chi connectivity index (χ1v) is 4.88. The molecule has 1 N–H and O–H groups in total. The highest BCUT2D eigenvalue weighted by molar-refractivity contribution is 5.88. The number of ether oxygens (including phenoxy) is 1. The number of aryl methyl sites for hydroxylation is 1. The third kappa shape index (κ3) is 2.41. The van der Waals surface area contributed by atoms with Crippen molar-refractivity contribution in [3.05, 3.63) is 41.9 Å². The van der Waals surface area contributed by atoms with Gasteiger partial charge < -0.3 is 14.3 Å². The molecule has 0 amide bonds. The maximum absolute atomic E-state index is 10.9. The van der Waals surface area contributed by atoms with E-state index in [1.165, 1.54) is 12.6 Å². The minimum atomic E-state index is -1.13. The lowest BCUT2D eigenvalue weighted by Crippen LogP contribution is -2.06. The second kappa shape index (κ2) is 4.65. The van der Waals surface area contributed by atoms with Gasteiger partial charge in [-0.25, -0.2) is 14.8 Å². The van der Waals surface area contributed by atoms with Gasteiger partial charge in [-0.05, 0) is 19.1 Å². The molecule has 0 aliphatic heterocycles. The average Bonchev–Trinajstić information content (AvgIpc) is 2.72. The molecule has 0 radical (unpaired) electrons. The Bertz CT molecular complexity index is 536. The zero-order valence-corrected chi connectivity index (χ0v) is 9.08. The lowest BCUT2D eigenvalue weighted by Gasteiger charge is -2.06. The van der Waals surface area contributed by atoms with Gasteiger partial charge in [-0.3, -0.25) is 0 Å². The van der Waals surface area contributed by atoms with E-state index in [0.29, 0.717) is 11.5 Å². The molecular weight excluding hydrogens is 224 g/mol. The fourth-order valence-electron chi connectivity index (χ4n) is 1.28. The molecule has 88 valence electrons. The van der Waals surface area contributed by atoms with E-state index in [2.05, 4.69) is 9.97 Å². The van der Waals surface area contributed by atoms with Crippen LogP contribution in [0.5, 0.6) is 5.75 Å². The second-order valence-electron chi connectivity index (χ2n) is 3.30. The number of aromatic nitrogens is 2. The van der Waals surface area contributed by atoms with Crippen molar-refractivity contribution in [3.63, 3.8) is 0 Å². The van der Waals surface area contributed by atoms with E-state index in [1.54, 1.807) is 19.1 Å². The molecule has 0 saturated heterocycles. The van der Waals surface area contributed by atoms with Gasteiger partial charge in [0.2, 0.25) is 0 Å². The monoisotopic (exact) mass is 234 g/mol. The second-order valence-corrected chi connectivity index (χ2v) is 3.30. The van der Waals surface area contributed by atoms with Gasteiger partial charge in [0.05, 0.1) is 0 Å². The number of nitrogens with zero attached hydrogens (tertiary/aromatic N) is 2. The van der Waals surface area contributed by atoms with Crippen molar-refractivity contribution >= 4 is 5.97 Å². The van der Waals surface area contributed by atoms with Gasteiger partial charge in [0.25, 0.3) is 0 Å². The normalized spacial score (nSPS) is 10.2. The van der Waals surface area contributed by atoms with Crippen molar-refractivity contribution in [1.82, 2.24) is 9.97 Å². The quantitative estimate of drug-likeness (QED) is 0.865. The summed E-state index contributed by atoms with van der Waals surface area (Å²) in [7, 11) is 0. The van der Waals surface area contributed by atoms with Crippen molar-refractivity contribution in [2.45, 2.75) is 13.5 Å². The molecule has 0 aliphatic rings. The van der Waals surface area contributed by atoms with Crippen LogP contribution in [0.4, 0.5) is 0 Å². The predicted octanol–water partition coefficient (Wildman–Crippen LogP) is 1.66. The van der Waals surface area contributed by atoms with Crippen LogP contribution in [0, 0.1) is 6.92 Å². The topological polar surface area (TPSA) is 85.5 Å². The molecule has 2 aromatic heterocycles. The fraction of sp³-hybridized carbons (Fsp3) is 0.182.